The molecule has 1 aliphatic rings. The van der Waals surface area contributed by atoms with Crippen LogP contribution < -0.4 is 4.90 Å². The molecule has 20 heavy (non-hydrogen) atoms. The van der Waals surface area contributed by atoms with Gasteiger partial charge in [-0.3, -0.25) is 9.59 Å². The fraction of sp³-hybridized carbons (Fsp3) is 0.467. The second-order valence-corrected chi connectivity index (χ2v) is 5.26. The van der Waals surface area contributed by atoms with Crippen LogP contribution in [0.3, 0.4) is 0 Å². The lowest BCUT2D eigenvalue weighted by molar-refractivity contribution is -0.140. The van der Waals surface area contributed by atoms with E-state index in [0.717, 1.165) is 5.69 Å². The number of hydrogen-bond acceptors (Lipinski definition) is 3. The van der Waals surface area contributed by atoms with Crippen molar-refractivity contribution in [2.75, 3.05) is 18.0 Å². The summed E-state index contributed by atoms with van der Waals surface area (Å²) in [5, 5.41) is 9.03. The Bertz CT molecular complexity index is 489. The molecule has 1 saturated heterocycles. The Hall–Kier alpha value is -2.04. The van der Waals surface area contributed by atoms with E-state index in [0.29, 0.717) is 13.1 Å². The van der Waals surface area contributed by atoms with E-state index in [4.69, 9.17) is 5.11 Å². The molecular weight excluding hydrogens is 256 g/mol. The number of hydrogen-bond donors (Lipinski definition) is 1. The van der Waals surface area contributed by atoms with E-state index < -0.39 is 5.97 Å². The fourth-order valence-corrected chi connectivity index (χ4v) is 2.78. The molecule has 5 nitrogen and oxygen atoms in total. The molecule has 0 aliphatic carbocycles. The molecule has 1 fully saturated rings. The Kier molecular flexibility index (Phi) is 4.27. The van der Waals surface area contributed by atoms with Gasteiger partial charge in [-0.05, 0) is 19.1 Å². The SMILES string of the molecule is CC(=O)N1C[C@H](C)N(c2ccccc2)C[C@H]1CC(=O)O. The molecule has 5 heteroatoms. The average Bonchev–Trinajstić information content (AvgIpc) is 2.40. The Morgan fingerprint density at radius 2 is 1.90 bits per heavy atom. The number of rotatable bonds is 3. The lowest BCUT2D eigenvalue weighted by Crippen LogP contribution is -2.59. The van der Waals surface area contributed by atoms with Crippen LogP contribution in [0.1, 0.15) is 20.3 Å². The summed E-state index contributed by atoms with van der Waals surface area (Å²) in [5.74, 6) is -0.931. The zero-order valence-corrected chi connectivity index (χ0v) is 11.8. The van der Waals surface area contributed by atoms with Crippen molar-refractivity contribution in [1.29, 1.82) is 0 Å². The number of benzene rings is 1. The highest BCUT2D eigenvalue weighted by atomic mass is 16.4. The molecule has 1 amide bonds. The third-order valence-corrected chi connectivity index (χ3v) is 3.74. The summed E-state index contributed by atoms with van der Waals surface area (Å²) in [7, 11) is 0. The third kappa shape index (κ3) is 3.10. The minimum atomic E-state index is -0.871. The van der Waals surface area contributed by atoms with E-state index in [9.17, 15) is 9.59 Å². The van der Waals surface area contributed by atoms with Crippen LogP contribution in [0.15, 0.2) is 30.3 Å². The number of carbonyl (C=O) groups is 2. The van der Waals surface area contributed by atoms with Crippen LogP contribution in [-0.2, 0) is 9.59 Å². The maximum Gasteiger partial charge on any atom is 0.305 e. The van der Waals surface area contributed by atoms with Crippen LogP contribution in [0.4, 0.5) is 5.69 Å². The number of nitrogens with zero attached hydrogens (tertiary/aromatic N) is 2. The molecule has 0 spiro atoms. The van der Waals surface area contributed by atoms with Crippen molar-refractivity contribution < 1.29 is 14.7 Å². The number of amides is 1. The number of aliphatic carboxylic acids is 1. The smallest absolute Gasteiger partial charge is 0.305 e. The van der Waals surface area contributed by atoms with Gasteiger partial charge in [0.2, 0.25) is 5.91 Å². The molecule has 0 unspecified atom stereocenters. The highest BCUT2D eigenvalue weighted by Gasteiger charge is 2.34. The monoisotopic (exact) mass is 276 g/mol. The number of carboxylic acid groups (broad SMARTS) is 1. The van der Waals surface area contributed by atoms with Gasteiger partial charge >= 0.3 is 5.97 Å². The van der Waals surface area contributed by atoms with Gasteiger partial charge in [-0.2, -0.15) is 0 Å². The summed E-state index contributed by atoms with van der Waals surface area (Å²) >= 11 is 0. The molecule has 0 aromatic heterocycles. The Balaban J connectivity index is 2.21. The lowest BCUT2D eigenvalue weighted by atomic mass is 10.0. The summed E-state index contributed by atoms with van der Waals surface area (Å²) in [5.41, 5.74) is 1.07. The standard InChI is InChI=1S/C15H20N2O3/c1-11-9-17(12(2)18)14(8-15(19)20)10-16(11)13-6-4-3-5-7-13/h3-7,11,14H,8-10H2,1-2H3,(H,19,20)/t11-,14+/m0/s1. The van der Waals surface area contributed by atoms with Crippen molar-refractivity contribution in [3.05, 3.63) is 30.3 Å². The number of carbonyl (C=O) groups excluding carboxylic acids is 1. The van der Waals surface area contributed by atoms with Crippen LogP contribution >= 0.6 is 0 Å². The van der Waals surface area contributed by atoms with Gasteiger partial charge < -0.3 is 14.9 Å². The summed E-state index contributed by atoms with van der Waals surface area (Å²) in [6, 6.07) is 9.80. The second kappa shape index (κ2) is 5.94. The molecule has 1 N–H and O–H groups in total. The van der Waals surface area contributed by atoms with Crippen LogP contribution in [0.25, 0.3) is 0 Å². The van der Waals surface area contributed by atoms with E-state index in [2.05, 4.69) is 11.8 Å². The van der Waals surface area contributed by atoms with Gasteiger partial charge in [0.05, 0.1) is 12.5 Å². The lowest BCUT2D eigenvalue weighted by Gasteiger charge is -2.45. The summed E-state index contributed by atoms with van der Waals surface area (Å²) < 4.78 is 0. The minimum Gasteiger partial charge on any atom is -0.481 e. The quantitative estimate of drug-likeness (QED) is 0.910. The van der Waals surface area contributed by atoms with Crippen LogP contribution in [0, 0.1) is 0 Å². The first kappa shape index (κ1) is 14.4. The molecule has 0 saturated carbocycles. The van der Waals surface area contributed by atoms with Gasteiger partial charge in [0.15, 0.2) is 0 Å². The number of carboxylic acids is 1. The van der Waals surface area contributed by atoms with E-state index in [1.54, 1.807) is 4.90 Å². The maximum atomic E-state index is 11.7. The fourth-order valence-electron chi connectivity index (χ4n) is 2.78. The van der Waals surface area contributed by atoms with Crippen molar-refractivity contribution >= 4 is 17.6 Å². The molecule has 0 bridgehead atoms. The van der Waals surface area contributed by atoms with Gasteiger partial charge in [-0.25, -0.2) is 0 Å². The molecule has 2 atom stereocenters. The van der Waals surface area contributed by atoms with Crippen LogP contribution in [-0.4, -0.2) is 47.1 Å². The van der Waals surface area contributed by atoms with Crippen molar-refractivity contribution in [2.24, 2.45) is 0 Å². The highest BCUT2D eigenvalue weighted by Crippen LogP contribution is 2.24. The third-order valence-electron chi connectivity index (χ3n) is 3.74. The zero-order valence-electron chi connectivity index (χ0n) is 11.8. The number of para-hydroxylation sites is 1. The van der Waals surface area contributed by atoms with Crippen LogP contribution in [0.5, 0.6) is 0 Å². The predicted molar refractivity (Wildman–Crippen MR) is 76.7 cm³/mol. The minimum absolute atomic E-state index is 0.0182. The molecular formula is C15H20N2O3. The van der Waals surface area contributed by atoms with Crippen molar-refractivity contribution in [3.63, 3.8) is 0 Å². The molecule has 0 radical (unpaired) electrons. The largest absolute Gasteiger partial charge is 0.481 e. The van der Waals surface area contributed by atoms with Gasteiger partial charge in [0, 0.05) is 31.7 Å². The van der Waals surface area contributed by atoms with Crippen molar-refractivity contribution in [1.82, 2.24) is 4.90 Å². The molecule has 1 aromatic carbocycles. The zero-order chi connectivity index (χ0) is 14.7. The van der Waals surface area contributed by atoms with Crippen LogP contribution in [0.2, 0.25) is 0 Å². The molecule has 108 valence electrons. The van der Waals surface area contributed by atoms with E-state index in [1.807, 2.05) is 30.3 Å². The molecule has 1 heterocycles. The summed E-state index contributed by atoms with van der Waals surface area (Å²) in [4.78, 5) is 26.6. The first-order chi connectivity index (χ1) is 9.49. The number of anilines is 1. The van der Waals surface area contributed by atoms with E-state index >= 15 is 0 Å². The van der Waals surface area contributed by atoms with Gasteiger partial charge in [-0.1, -0.05) is 18.2 Å². The first-order valence-corrected chi connectivity index (χ1v) is 6.79. The first-order valence-electron chi connectivity index (χ1n) is 6.79. The topological polar surface area (TPSA) is 60.9 Å². The molecule has 1 aromatic rings. The highest BCUT2D eigenvalue weighted by molar-refractivity contribution is 5.76. The maximum absolute atomic E-state index is 11.7. The average molecular weight is 276 g/mol. The van der Waals surface area contributed by atoms with Gasteiger partial charge in [0.25, 0.3) is 0 Å². The van der Waals surface area contributed by atoms with E-state index in [-0.39, 0.29) is 24.4 Å². The number of piperazine rings is 1. The van der Waals surface area contributed by atoms with E-state index in [1.165, 1.54) is 6.92 Å². The Morgan fingerprint density at radius 1 is 1.25 bits per heavy atom. The summed E-state index contributed by atoms with van der Waals surface area (Å²) in [6.45, 7) is 4.67. The van der Waals surface area contributed by atoms with Crippen molar-refractivity contribution in [3.8, 4) is 0 Å². The Morgan fingerprint density at radius 3 is 2.45 bits per heavy atom. The normalized spacial score (nSPS) is 22.7. The van der Waals surface area contributed by atoms with Gasteiger partial charge in [0.1, 0.15) is 0 Å². The van der Waals surface area contributed by atoms with Gasteiger partial charge in [-0.15, -0.1) is 0 Å². The predicted octanol–water partition coefficient (Wildman–Crippen LogP) is 1.59. The molecule has 2 rings (SSSR count). The van der Waals surface area contributed by atoms with Crippen molar-refractivity contribution in [2.45, 2.75) is 32.4 Å². The summed E-state index contributed by atoms with van der Waals surface area (Å²) in [6.07, 6.45) is -0.0182. The molecule has 1 aliphatic heterocycles. The second-order valence-electron chi connectivity index (χ2n) is 5.26. The Labute approximate surface area is 118 Å².